The molecule has 0 aliphatic carbocycles. The van der Waals surface area contributed by atoms with E-state index < -0.39 is 5.85 Å². The Morgan fingerprint density at radius 3 is 2.56 bits per heavy atom. The highest BCUT2D eigenvalue weighted by Gasteiger charge is 2.37. The van der Waals surface area contributed by atoms with Gasteiger partial charge >= 0.3 is 5.85 Å². The summed E-state index contributed by atoms with van der Waals surface area (Å²) >= 11 is 6.45. The quantitative estimate of drug-likeness (QED) is 0.538. The monoisotopic (exact) mass is 185 g/mol. The largest absolute Gasteiger partial charge is 0.315 e. The van der Waals surface area contributed by atoms with Crippen LogP contribution in [0.4, 0.5) is 0 Å². The fraction of sp³-hybridized carbons (Fsp3) is 0.667. The third-order valence-corrected chi connectivity index (χ3v) is 6.34. The molecule has 1 rings (SSSR count). The van der Waals surface area contributed by atoms with Gasteiger partial charge in [-0.2, -0.15) is 0 Å². The number of amides is 1. The molecule has 1 fully saturated rings. The van der Waals surface area contributed by atoms with Crippen LogP contribution in [0.5, 0.6) is 0 Å². The molecule has 0 spiro atoms. The van der Waals surface area contributed by atoms with E-state index in [-0.39, 0.29) is 11.7 Å². The standard InChI is InChI=1S/C3H5ClNO2PS/c1-5-3(6)2-9-8(5,4)7/h2H2,1H3. The van der Waals surface area contributed by atoms with Gasteiger partial charge in [0.25, 0.3) is 0 Å². The number of carbonyl (C=O) groups excluding carboxylic acids is 1. The zero-order valence-corrected chi connectivity index (χ0v) is 7.17. The Morgan fingerprint density at radius 1 is 1.89 bits per heavy atom. The van der Waals surface area contributed by atoms with Gasteiger partial charge in [-0.05, 0) is 11.2 Å². The highest BCUT2D eigenvalue weighted by atomic mass is 35.7. The number of hydrogen-bond acceptors (Lipinski definition) is 3. The molecule has 0 saturated carbocycles. The maximum absolute atomic E-state index is 11.0. The molecule has 0 bridgehead atoms. The van der Waals surface area contributed by atoms with Gasteiger partial charge in [-0.15, -0.1) is 0 Å². The van der Waals surface area contributed by atoms with Crippen molar-refractivity contribution < 1.29 is 9.36 Å². The molecule has 1 atom stereocenters. The minimum absolute atomic E-state index is 0.154. The summed E-state index contributed by atoms with van der Waals surface area (Å²) < 4.78 is 12.1. The SMILES string of the molecule is CN1C(=O)CSP1(=O)Cl. The number of halogens is 1. The van der Waals surface area contributed by atoms with E-state index in [1.807, 2.05) is 0 Å². The summed E-state index contributed by atoms with van der Waals surface area (Å²) in [6, 6.07) is 0. The minimum Gasteiger partial charge on any atom is -0.276 e. The molecule has 1 heterocycles. The molecule has 1 aliphatic heterocycles. The van der Waals surface area contributed by atoms with Crippen LogP contribution in [-0.2, 0) is 9.36 Å². The van der Waals surface area contributed by atoms with Gasteiger partial charge in [0, 0.05) is 7.05 Å². The van der Waals surface area contributed by atoms with Gasteiger partial charge in [0.2, 0.25) is 5.91 Å². The van der Waals surface area contributed by atoms with Crippen molar-refractivity contribution in [3.63, 3.8) is 0 Å². The van der Waals surface area contributed by atoms with Gasteiger partial charge in [-0.3, -0.25) is 14.0 Å². The lowest BCUT2D eigenvalue weighted by molar-refractivity contribution is -0.122. The summed E-state index contributed by atoms with van der Waals surface area (Å²) in [5.41, 5.74) is 0. The van der Waals surface area contributed by atoms with Crippen LogP contribution in [0.1, 0.15) is 0 Å². The van der Waals surface area contributed by atoms with E-state index in [9.17, 15) is 9.36 Å². The summed E-state index contributed by atoms with van der Waals surface area (Å²) in [7, 11) is 1.45. The molecule has 0 aromatic heterocycles. The predicted octanol–water partition coefficient (Wildman–Crippen LogP) is 1.54. The Kier molecular flexibility index (Phi) is 1.81. The first kappa shape index (κ1) is 7.45. The summed E-state index contributed by atoms with van der Waals surface area (Å²) in [4.78, 5) is 10.6. The zero-order chi connectivity index (χ0) is 7.07. The molecular weight excluding hydrogens is 181 g/mol. The second-order valence-corrected chi connectivity index (χ2v) is 7.93. The lowest BCUT2D eigenvalue weighted by Gasteiger charge is -2.09. The molecule has 3 nitrogen and oxygen atoms in total. The van der Waals surface area contributed by atoms with E-state index in [4.69, 9.17) is 11.2 Å². The number of nitrogens with zero attached hydrogens (tertiary/aromatic N) is 1. The van der Waals surface area contributed by atoms with Crippen molar-refractivity contribution >= 4 is 34.4 Å². The molecule has 1 amide bonds. The van der Waals surface area contributed by atoms with Crippen molar-refractivity contribution in [2.24, 2.45) is 0 Å². The molecule has 9 heavy (non-hydrogen) atoms. The van der Waals surface area contributed by atoms with Crippen LogP contribution in [0.3, 0.4) is 0 Å². The maximum atomic E-state index is 11.0. The molecule has 1 saturated heterocycles. The van der Waals surface area contributed by atoms with E-state index in [1.165, 1.54) is 7.05 Å². The molecule has 0 aromatic rings. The Morgan fingerprint density at radius 2 is 2.44 bits per heavy atom. The van der Waals surface area contributed by atoms with Crippen molar-refractivity contribution in [1.29, 1.82) is 0 Å². The van der Waals surface area contributed by atoms with Crippen molar-refractivity contribution in [1.82, 2.24) is 4.67 Å². The van der Waals surface area contributed by atoms with Crippen LogP contribution in [0.15, 0.2) is 0 Å². The lowest BCUT2D eigenvalue weighted by atomic mass is 10.7. The first-order chi connectivity index (χ1) is 4.04. The normalized spacial score (nSPS) is 35.8. The van der Waals surface area contributed by atoms with E-state index in [0.29, 0.717) is 0 Å². The first-order valence-electron chi connectivity index (χ1n) is 2.25. The van der Waals surface area contributed by atoms with Crippen LogP contribution in [0.2, 0.25) is 0 Å². The van der Waals surface area contributed by atoms with Crippen LogP contribution >= 0.6 is 28.5 Å². The van der Waals surface area contributed by atoms with Gasteiger partial charge < -0.3 is 0 Å². The third-order valence-electron chi connectivity index (χ3n) is 1.07. The first-order valence-corrected chi connectivity index (χ1v) is 6.41. The van der Waals surface area contributed by atoms with Gasteiger partial charge in [0.05, 0.1) is 5.75 Å². The average molecular weight is 186 g/mol. The summed E-state index contributed by atoms with van der Waals surface area (Å²) in [6.07, 6.45) is 0. The second kappa shape index (κ2) is 2.19. The van der Waals surface area contributed by atoms with E-state index in [0.717, 1.165) is 16.1 Å². The lowest BCUT2D eigenvalue weighted by Crippen LogP contribution is -2.15. The van der Waals surface area contributed by atoms with Crippen LogP contribution in [0, 0.1) is 0 Å². The third kappa shape index (κ3) is 1.26. The van der Waals surface area contributed by atoms with Crippen LogP contribution < -0.4 is 0 Å². The summed E-state index contributed by atoms with van der Waals surface area (Å²) in [6.45, 7) is 0. The summed E-state index contributed by atoms with van der Waals surface area (Å²) in [5, 5.41) is 0. The fourth-order valence-electron chi connectivity index (χ4n) is 0.448. The van der Waals surface area contributed by atoms with Gasteiger partial charge in [-0.25, -0.2) is 0 Å². The van der Waals surface area contributed by atoms with E-state index in [1.54, 1.807) is 0 Å². The Bertz CT molecular complexity index is 196. The van der Waals surface area contributed by atoms with Crippen molar-refractivity contribution in [3.8, 4) is 0 Å². The second-order valence-electron chi connectivity index (χ2n) is 1.64. The number of hydrogen-bond donors (Lipinski definition) is 0. The molecule has 1 unspecified atom stereocenters. The smallest absolute Gasteiger partial charge is 0.276 e. The molecule has 52 valence electrons. The highest BCUT2D eigenvalue weighted by Crippen LogP contribution is 2.68. The predicted molar refractivity (Wildman–Crippen MR) is 38.7 cm³/mol. The maximum Gasteiger partial charge on any atom is 0.315 e. The summed E-state index contributed by atoms with van der Waals surface area (Å²) in [5.74, 6) is -2.72. The van der Waals surface area contributed by atoms with E-state index in [2.05, 4.69) is 0 Å². The Labute approximate surface area is 61.7 Å². The van der Waals surface area contributed by atoms with Crippen LogP contribution in [0.25, 0.3) is 0 Å². The molecule has 0 aromatic carbocycles. The molecule has 1 aliphatic rings. The molecular formula is C3H5ClNO2PS. The Hall–Kier alpha value is 0.340. The number of rotatable bonds is 0. The zero-order valence-electron chi connectivity index (χ0n) is 4.70. The van der Waals surface area contributed by atoms with Crippen molar-refractivity contribution in [3.05, 3.63) is 0 Å². The number of carbonyl (C=O) groups is 1. The fourth-order valence-corrected chi connectivity index (χ4v) is 3.81. The Balaban J connectivity index is 2.86. The van der Waals surface area contributed by atoms with Crippen molar-refractivity contribution in [2.45, 2.75) is 0 Å². The van der Waals surface area contributed by atoms with E-state index >= 15 is 0 Å². The molecule has 0 N–H and O–H groups in total. The van der Waals surface area contributed by atoms with Gasteiger partial charge in [0.1, 0.15) is 0 Å². The minimum atomic E-state index is -2.82. The van der Waals surface area contributed by atoms with Crippen molar-refractivity contribution in [2.75, 3.05) is 12.8 Å². The molecule has 0 radical (unpaired) electrons. The molecule has 6 heteroatoms. The van der Waals surface area contributed by atoms with Crippen LogP contribution in [-0.4, -0.2) is 23.4 Å². The average Bonchev–Trinajstić information content (AvgIpc) is 1.97. The highest BCUT2D eigenvalue weighted by molar-refractivity contribution is 8.65. The topological polar surface area (TPSA) is 37.4 Å². The van der Waals surface area contributed by atoms with Gasteiger partial charge in [0.15, 0.2) is 0 Å². The van der Waals surface area contributed by atoms with Gasteiger partial charge in [-0.1, -0.05) is 11.4 Å².